The summed E-state index contributed by atoms with van der Waals surface area (Å²) in [5.41, 5.74) is 1.94. The molecular formula is C16H21N3O2. The fourth-order valence-corrected chi connectivity index (χ4v) is 2.37. The molecule has 1 heterocycles. The monoisotopic (exact) mass is 287 g/mol. The van der Waals surface area contributed by atoms with Gasteiger partial charge >= 0.3 is 0 Å². The van der Waals surface area contributed by atoms with Gasteiger partial charge in [0, 0.05) is 12.1 Å². The summed E-state index contributed by atoms with van der Waals surface area (Å²) >= 11 is 0. The van der Waals surface area contributed by atoms with Crippen LogP contribution in [0.15, 0.2) is 24.3 Å². The van der Waals surface area contributed by atoms with Crippen molar-refractivity contribution < 1.29 is 9.53 Å². The van der Waals surface area contributed by atoms with Gasteiger partial charge in [0.05, 0.1) is 7.11 Å². The molecule has 0 fully saturated rings. The van der Waals surface area contributed by atoms with Crippen LogP contribution in [-0.2, 0) is 6.54 Å². The fourth-order valence-electron chi connectivity index (χ4n) is 2.37. The van der Waals surface area contributed by atoms with Crippen molar-refractivity contribution in [3.05, 3.63) is 30.0 Å². The lowest BCUT2D eigenvalue weighted by molar-refractivity contribution is 0.111. The molecular weight excluding hydrogens is 266 g/mol. The first-order valence-corrected chi connectivity index (χ1v) is 7.33. The van der Waals surface area contributed by atoms with E-state index < -0.39 is 0 Å². The summed E-state index contributed by atoms with van der Waals surface area (Å²) in [5.74, 6) is 0.720. The maximum atomic E-state index is 11.2. The molecule has 0 saturated carbocycles. The second-order valence-corrected chi connectivity index (χ2v) is 4.93. The number of carbonyl (C=O) groups is 1. The van der Waals surface area contributed by atoms with Crippen molar-refractivity contribution in [3.63, 3.8) is 0 Å². The van der Waals surface area contributed by atoms with Crippen molar-refractivity contribution in [3.8, 4) is 17.0 Å². The van der Waals surface area contributed by atoms with Crippen molar-refractivity contribution in [1.82, 2.24) is 15.0 Å². The molecule has 0 radical (unpaired) electrons. The van der Waals surface area contributed by atoms with E-state index in [0.29, 0.717) is 5.69 Å². The van der Waals surface area contributed by atoms with Gasteiger partial charge in [0.2, 0.25) is 0 Å². The van der Waals surface area contributed by atoms with Gasteiger partial charge in [-0.05, 0) is 18.6 Å². The molecule has 5 nitrogen and oxygen atoms in total. The molecule has 0 bridgehead atoms. The second kappa shape index (κ2) is 7.57. The van der Waals surface area contributed by atoms with Crippen LogP contribution in [0.4, 0.5) is 0 Å². The standard InChI is InChI=1S/C16H21N3O2/c1-3-4-5-8-11-19-16(14(12-20)17-18-19)13-9-6-7-10-15(13)21-2/h6-7,9-10,12H,3-5,8,11H2,1-2H3. The van der Waals surface area contributed by atoms with E-state index in [9.17, 15) is 4.79 Å². The highest BCUT2D eigenvalue weighted by atomic mass is 16.5. The predicted octanol–water partition coefficient (Wildman–Crippen LogP) is 3.35. The SMILES string of the molecule is CCCCCCn1nnc(C=O)c1-c1ccccc1OC. The Morgan fingerprint density at radius 1 is 1.24 bits per heavy atom. The van der Waals surface area contributed by atoms with Crippen molar-refractivity contribution in [2.24, 2.45) is 0 Å². The number of para-hydroxylation sites is 1. The normalized spacial score (nSPS) is 10.6. The molecule has 1 aromatic heterocycles. The number of hydrogen-bond donors (Lipinski definition) is 0. The van der Waals surface area contributed by atoms with Crippen molar-refractivity contribution in [1.29, 1.82) is 0 Å². The summed E-state index contributed by atoms with van der Waals surface area (Å²) in [6.07, 6.45) is 5.32. The van der Waals surface area contributed by atoms with E-state index in [0.717, 1.165) is 42.7 Å². The van der Waals surface area contributed by atoms with Gasteiger partial charge in [-0.25, -0.2) is 4.68 Å². The number of unbranched alkanes of at least 4 members (excludes halogenated alkanes) is 3. The maximum absolute atomic E-state index is 11.2. The first-order chi connectivity index (χ1) is 10.3. The first-order valence-electron chi connectivity index (χ1n) is 7.33. The van der Waals surface area contributed by atoms with E-state index in [2.05, 4.69) is 17.2 Å². The van der Waals surface area contributed by atoms with Gasteiger partial charge < -0.3 is 4.74 Å². The van der Waals surface area contributed by atoms with Gasteiger partial charge in [-0.1, -0.05) is 43.5 Å². The van der Waals surface area contributed by atoms with Gasteiger partial charge in [0.15, 0.2) is 12.0 Å². The molecule has 112 valence electrons. The lowest BCUT2D eigenvalue weighted by Gasteiger charge is -2.10. The van der Waals surface area contributed by atoms with E-state index >= 15 is 0 Å². The topological polar surface area (TPSA) is 57.0 Å². The van der Waals surface area contributed by atoms with Crippen molar-refractivity contribution in [2.75, 3.05) is 7.11 Å². The predicted molar refractivity (Wildman–Crippen MR) is 81.5 cm³/mol. The quantitative estimate of drug-likeness (QED) is 0.552. The Kier molecular flexibility index (Phi) is 5.49. The van der Waals surface area contributed by atoms with E-state index in [-0.39, 0.29) is 0 Å². The highest BCUT2D eigenvalue weighted by Crippen LogP contribution is 2.30. The molecule has 0 N–H and O–H groups in total. The van der Waals surface area contributed by atoms with Gasteiger partial charge in [0.1, 0.15) is 11.4 Å². The third-order valence-electron chi connectivity index (χ3n) is 3.46. The zero-order valence-electron chi connectivity index (χ0n) is 12.6. The molecule has 21 heavy (non-hydrogen) atoms. The van der Waals surface area contributed by atoms with E-state index in [1.54, 1.807) is 11.8 Å². The number of benzene rings is 1. The maximum Gasteiger partial charge on any atom is 0.172 e. The summed E-state index contributed by atoms with van der Waals surface area (Å²) in [6, 6.07) is 7.62. The zero-order valence-corrected chi connectivity index (χ0v) is 12.6. The van der Waals surface area contributed by atoms with Crippen LogP contribution in [0.25, 0.3) is 11.3 Å². The highest BCUT2D eigenvalue weighted by molar-refractivity contribution is 5.85. The Bertz CT molecular complexity index is 593. The molecule has 0 aliphatic heterocycles. The average molecular weight is 287 g/mol. The fraction of sp³-hybridized carbons (Fsp3) is 0.438. The summed E-state index contributed by atoms with van der Waals surface area (Å²) in [6.45, 7) is 2.94. The van der Waals surface area contributed by atoms with Crippen LogP contribution in [0, 0.1) is 0 Å². The van der Waals surface area contributed by atoms with Gasteiger partial charge in [-0.15, -0.1) is 5.10 Å². The number of rotatable bonds is 8. The number of methoxy groups -OCH3 is 1. The third-order valence-corrected chi connectivity index (χ3v) is 3.46. The van der Waals surface area contributed by atoms with Crippen molar-refractivity contribution >= 4 is 6.29 Å². The molecule has 0 aliphatic rings. The average Bonchev–Trinajstić information content (AvgIpc) is 2.94. The number of nitrogens with zero attached hydrogens (tertiary/aromatic N) is 3. The van der Waals surface area contributed by atoms with Crippen LogP contribution in [-0.4, -0.2) is 28.4 Å². The summed E-state index contributed by atoms with van der Waals surface area (Å²) in [7, 11) is 1.62. The second-order valence-electron chi connectivity index (χ2n) is 4.93. The Hall–Kier alpha value is -2.17. The van der Waals surface area contributed by atoms with E-state index in [4.69, 9.17) is 4.74 Å². The molecule has 0 amide bonds. The lowest BCUT2D eigenvalue weighted by atomic mass is 10.1. The zero-order chi connectivity index (χ0) is 15.1. The Morgan fingerprint density at radius 3 is 2.76 bits per heavy atom. The van der Waals surface area contributed by atoms with E-state index in [1.807, 2.05) is 24.3 Å². The van der Waals surface area contributed by atoms with Crippen LogP contribution in [0.3, 0.4) is 0 Å². The molecule has 0 aliphatic carbocycles. The van der Waals surface area contributed by atoms with Crippen molar-refractivity contribution in [2.45, 2.75) is 39.2 Å². The number of aldehydes is 1. The number of aryl methyl sites for hydroxylation is 1. The van der Waals surface area contributed by atoms with Crippen LogP contribution >= 0.6 is 0 Å². The minimum Gasteiger partial charge on any atom is -0.496 e. The lowest BCUT2D eigenvalue weighted by Crippen LogP contribution is -2.04. The van der Waals surface area contributed by atoms with Crippen LogP contribution in [0.5, 0.6) is 5.75 Å². The van der Waals surface area contributed by atoms with Gasteiger partial charge in [-0.3, -0.25) is 4.79 Å². The summed E-state index contributed by atoms with van der Waals surface area (Å²) < 4.78 is 7.18. The van der Waals surface area contributed by atoms with Gasteiger partial charge in [0.25, 0.3) is 0 Å². The Balaban J connectivity index is 2.32. The molecule has 0 unspecified atom stereocenters. The molecule has 1 aromatic carbocycles. The number of ether oxygens (including phenoxy) is 1. The third kappa shape index (κ3) is 3.48. The number of carbonyl (C=O) groups excluding carboxylic acids is 1. The van der Waals surface area contributed by atoms with Crippen LogP contribution < -0.4 is 4.74 Å². The molecule has 5 heteroatoms. The van der Waals surface area contributed by atoms with Crippen LogP contribution in [0.2, 0.25) is 0 Å². The Labute approximate surface area is 124 Å². The highest BCUT2D eigenvalue weighted by Gasteiger charge is 2.17. The molecule has 0 saturated heterocycles. The largest absolute Gasteiger partial charge is 0.496 e. The first kappa shape index (κ1) is 15.2. The molecule has 2 rings (SSSR count). The Morgan fingerprint density at radius 2 is 2.05 bits per heavy atom. The molecule has 0 spiro atoms. The minimum atomic E-state index is 0.356. The minimum absolute atomic E-state index is 0.356. The summed E-state index contributed by atoms with van der Waals surface area (Å²) in [5, 5.41) is 8.09. The van der Waals surface area contributed by atoms with Crippen LogP contribution in [0.1, 0.15) is 43.1 Å². The molecule has 2 aromatic rings. The van der Waals surface area contributed by atoms with Gasteiger partial charge in [-0.2, -0.15) is 0 Å². The number of aromatic nitrogens is 3. The smallest absolute Gasteiger partial charge is 0.172 e. The number of hydrogen-bond acceptors (Lipinski definition) is 4. The molecule has 0 atom stereocenters. The summed E-state index contributed by atoms with van der Waals surface area (Å²) in [4.78, 5) is 11.2. The van der Waals surface area contributed by atoms with E-state index in [1.165, 1.54) is 12.8 Å².